The molecule has 0 aliphatic heterocycles. The average Bonchev–Trinajstić information content (AvgIpc) is 2.41. The topological polar surface area (TPSA) is 58.2 Å². The van der Waals surface area contributed by atoms with E-state index in [0.717, 1.165) is 12.1 Å². The van der Waals surface area contributed by atoms with Crippen LogP contribution in [0.5, 0.6) is 0 Å². The molecule has 0 saturated carbocycles. The zero-order chi connectivity index (χ0) is 15.4. The van der Waals surface area contributed by atoms with Gasteiger partial charge in [0.25, 0.3) is 5.91 Å². The fourth-order valence-electron chi connectivity index (χ4n) is 1.56. The van der Waals surface area contributed by atoms with Crippen molar-refractivity contribution in [1.29, 1.82) is 0 Å². The molecule has 2 aromatic carbocycles. The second kappa shape index (κ2) is 6.32. The van der Waals surface area contributed by atoms with E-state index in [4.69, 9.17) is 11.6 Å². The Bertz CT molecular complexity index is 707. The van der Waals surface area contributed by atoms with Gasteiger partial charge in [0.2, 0.25) is 0 Å². The molecule has 7 heteroatoms. The van der Waals surface area contributed by atoms with Crippen molar-refractivity contribution in [3.05, 3.63) is 64.7 Å². The summed E-state index contributed by atoms with van der Waals surface area (Å²) in [6, 6.07) is 7.95. The summed E-state index contributed by atoms with van der Waals surface area (Å²) in [5, 5.41) is 4.55. The highest BCUT2D eigenvalue weighted by Gasteiger charge is 2.15. The van der Waals surface area contributed by atoms with Crippen LogP contribution in [-0.4, -0.2) is 11.9 Å². The van der Waals surface area contributed by atoms with Crippen LogP contribution in [0.3, 0.4) is 0 Å². The summed E-state index contributed by atoms with van der Waals surface area (Å²) in [4.78, 5) is 23.3. The van der Waals surface area contributed by atoms with Crippen molar-refractivity contribution >= 4 is 29.2 Å². The number of nitrogens with one attached hydrogen (secondary N) is 2. The zero-order valence-electron chi connectivity index (χ0n) is 10.5. The van der Waals surface area contributed by atoms with E-state index in [1.165, 1.54) is 6.07 Å². The summed E-state index contributed by atoms with van der Waals surface area (Å²) in [5.74, 6) is -2.86. The van der Waals surface area contributed by atoms with Gasteiger partial charge < -0.3 is 5.32 Å². The number of carbonyl (C=O) groups is 2. The quantitative estimate of drug-likeness (QED) is 0.890. The molecule has 0 aromatic heterocycles. The largest absolute Gasteiger partial charge is 0.326 e. The SMILES string of the molecule is O=C(NC(=O)c1ccc(F)cc1F)Nc1ccccc1Cl. The molecule has 0 spiro atoms. The number of benzene rings is 2. The Labute approximate surface area is 123 Å². The summed E-state index contributed by atoms with van der Waals surface area (Å²) in [6.45, 7) is 0. The van der Waals surface area contributed by atoms with Gasteiger partial charge in [-0.2, -0.15) is 0 Å². The first-order valence-corrected chi connectivity index (χ1v) is 6.17. The molecule has 0 radical (unpaired) electrons. The number of hydrogen-bond donors (Lipinski definition) is 2. The predicted octanol–water partition coefficient (Wildman–Crippen LogP) is 3.58. The van der Waals surface area contributed by atoms with Crippen molar-refractivity contribution in [2.75, 3.05) is 5.32 Å². The Morgan fingerprint density at radius 1 is 1.05 bits per heavy atom. The number of halogens is 3. The maximum absolute atomic E-state index is 13.4. The number of amides is 3. The Balaban J connectivity index is 2.06. The molecule has 108 valence electrons. The minimum atomic E-state index is -1.06. The summed E-state index contributed by atoms with van der Waals surface area (Å²) >= 11 is 5.84. The van der Waals surface area contributed by atoms with Gasteiger partial charge in [-0.3, -0.25) is 10.1 Å². The minimum Gasteiger partial charge on any atom is -0.306 e. The molecular weight excluding hydrogens is 302 g/mol. The number of anilines is 1. The first-order chi connectivity index (χ1) is 9.97. The summed E-state index contributed by atoms with van der Waals surface area (Å²) in [7, 11) is 0. The number of imide groups is 1. The van der Waals surface area contributed by atoms with Crippen LogP contribution in [0.2, 0.25) is 5.02 Å². The molecule has 0 aliphatic rings. The molecule has 21 heavy (non-hydrogen) atoms. The average molecular weight is 311 g/mol. The highest BCUT2D eigenvalue weighted by molar-refractivity contribution is 6.33. The monoisotopic (exact) mass is 310 g/mol. The fraction of sp³-hybridized carbons (Fsp3) is 0. The van der Waals surface area contributed by atoms with Crippen molar-refractivity contribution in [3.8, 4) is 0 Å². The van der Waals surface area contributed by atoms with E-state index in [0.29, 0.717) is 11.8 Å². The zero-order valence-corrected chi connectivity index (χ0v) is 11.2. The molecule has 0 unspecified atom stereocenters. The van der Waals surface area contributed by atoms with E-state index in [1.54, 1.807) is 18.2 Å². The van der Waals surface area contributed by atoms with Gasteiger partial charge in [-0.25, -0.2) is 13.6 Å². The van der Waals surface area contributed by atoms with E-state index >= 15 is 0 Å². The molecule has 2 aromatic rings. The highest BCUT2D eigenvalue weighted by Crippen LogP contribution is 2.20. The number of carbonyl (C=O) groups excluding carboxylic acids is 2. The molecule has 0 saturated heterocycles. The maximum Gasteiger partial charge on any atom is 0.326 e. The van der Waals surface area contributed by atoms with Crippen LogP contribution in [0.1, 0.15) is 10.4 Å². The van der Waals surface area contributed by atoms with E-state index < -0.39 is 29.1 Å². The van der Waals surface area contributed by atoms with Crippen LogP contribution >= 0.6 is 11.6 Å². The lowest BCUT2D eigenvalue weighted by atomic mass is 10.2. The molecule has 2 N–H and O–H groups in total. The van der Waals surface area contributed by atoms with Crippen LogP contribution in [0.15, 0.2) is 42.5 Å². The molecule has 0 fully saturated rings. The smallest absolute Gasteiger partial charge is 0.306 e. The van der Waals surface area contributed by atoms with E-state index in [-0.39, 0.29) is 5.02 Å². The minimum absolute atomic E-state index is 0.285. The van der Waals surface area contributed by atoms with Crippen LogP contribution in [-0.2, 0) is 0 Å². The number of para-hydroxylation sites is 1. The Kier molecular flexibility index (Phi) is 4.49. The van der Waals surface area contributed by atoms with E-state index in [1.807, 2.05) is 5.32 Å². The van der Waals surface area contributed by atoms with Crippen LogP contribution in [0.4, 0.5) is 19.3 Å². The maximum atomic E-state index is 13.4. The van der Waals surface area contributed by atoms with Crippen molar-refractivity contribution in [2.24, 2.45) is 0 Å². The van der Waals surface area contributed by atoms with Gasteiger partial charge in [-0.05, 0) is 24.3 Å². The van der Waals surface area contributed by atoms with Gasteiger partial charge >= 0.3 is 6.03 Å². The third kappa shape index (κ3) is 3.76. The fourth-order valence-corrected chi connectivity index (χ4v) is 1.74. The second-order valence-electron chi connectivity index (χ2n) is 4.01. The van der Waals surface area contributed by atoms with Gasteiger partial charge in [0.1, 0.15) is 11.6 Å². The molecule has 0 heterocycles. The van der Waals surface area contributed by atoms with Crippen LogP contribution < -0.4 is 10.6 Å². The van der Waals surface area contributed by atoms with Gasteiger partial charge in [-0.1, -0.05) is 23.7 Å². The van der Waals surface area contributed by atoms with Crippen molar-refractivity contribution in [3.63, 3.8) is 0 Å². The molecule has 3 amide bonds. The summed E-state index contributed by atoms with van der Waals surface area (Å²) in [6.07, 6.45) is 0. The second-order valence-corrected chi connectivity index (χ2v) is 4.42. The molecule has 4 nitrogen and oxygen atoms in total. The first kappa shape index (κ1) is 14.9. The number of hydrogen-bond acceptors (Lipinski definition) is 2. The van der Waals surface area contributed by atoms with Crippen LogP contribution in [0.25, 0.3) is 0 Å². The number of rotatable bonds is 2. The van der Waals surface area contributed by atoms with Gasteiger partial charge in [0.05, 0.1) is 16.3 Å². The Morgan fingerprint density at radius 3 is 2.43 bits per heavy atom. The lowest BCUT2D eigenvalue weighted by Crippen LogP contribution is -2.34. The molecule has 0 bridgehead atoms. The number of urea groups is 1. The first-order valence-electron chi connectivity index (χ1n) is 5.79. The Hall–Kier alpha value is -2.47. The van der Waals surface area contributed by atoms with Gasteiger partial charge in [0, 0.05) is 6.07 Å². The lowest BCUT2D eigenvalue weighted by molar-refractivity contribution is 0.0963. The lowest BCUT2D eigenvalue weighted by Gasteiger charge is -2.08. The Morgan fingerprint density at radius 2 is 1.76 bits per heavy atom. The molecule has 2 rings (SSSR count). The third-order valence-electron chi connectivity index (χ3n) is 2.52. The summed E-state index contributed by atoms with van der Waals surface area (Å²) < 4.78 is 26.1. The van der Waals surface area contributed by atoms with Gasteiger partial charge in [-0.15, -0.1) is 0 Å². The highest BCUT2D eigenvalue weighted by atomic mass is 35.5. The van der Waals surface area contributed by atoms with Gasteiger partial charge in [0.15, 0.2) is 0 Å². The molecular formula is C14H9ClF2N2O2. The van der Waals surface area contributed by atoms with Crippen LogP contribution in [0, 0.1) is 11.6 Å². The van der Waals surface area contributed by atoms with E-state index in [9.17, 15) is 18.4 Å². The van der Waals surface area contributed by atoms with Crippen molar-refractivity contribution in [1.82, 2.24) is 5.32 Å². The standard InChI is InChI=1S/C14H9ClF2N2O2/c15-10-3-1-2-4-12(10)18-14(21)19-13(20)9-6-5-8(16)7-11(9)17/h1-7H,(H2,18,19,20,21). The normalized spacial score (nSPS) is 10.0. The summed E-state index contributed by atoms with van der Waals surface area (Å²) in [5.41, 5.74) is -0.144. The molecule has 0 aliphatic carbocycles. The predicted molar refractivity (Wildman–Crippen MR) is 74.3 cm³/mol. The van der Waals surface area contributed by atoms with Crippen molar-refractivity contribution in [2.45, 2.75) is 0 Å². The third-order valence-corrected chi connectivity index (χ3v) is 2.85. The van der Waals surface area contributed by atoms with E-state index in [2.05, 4.69) is 5.32 Å². The molecule has 0 atom stereocenters. The van der Waals surface area contributed by atoms with Crippen molar-refractivity contribution < 1.29 is 18.4 Å².